The molecule has 0 aliphatic carbocycles. The van der Waals surface area contributed by atoms with Crippen LogP contribution >= 0.6 is 0 Å². The van der Waals surface area contributed by atoms with Gasteiger partial charge in [-0.15, -0.1) is 0 Å². The molecule has 56 valence electrons. The minimum absolute atomic E-state index is 0.343. The van der Waals surface area contributed by atoms with Crippen LogP contribution in [0.5, 0.6) is 5.75 Å². The van der Waals surface area contributed by atoms with E-state index in [4.69, 9.17) is 1.37 Å². The molecule has 0 unspecified atom stereocenters. The first-order valence-electron chi connectivity index (χ1n) is 4.19. The highest BCUT2D eigenvalue weighted by atomic mass is 16.3. The Hall–Kier alpha value is -0.920. The van der Waals surface area contributed by atoms with Crippen molar-refractivity contribution in [3.05, 3.63) is 18.0 Å². The minimum atomic E-state index is 0.343. The molecule has 0 aliphatic rings. The van der Waals surface area contributed by atoms with Gasteiger partial charge in [-0.2, -0.15) is 0 Å². The van der Waals surface area contributed by atoms with Crippen molar-refractivity contribution in [3.8, 4) is 5.75 Å². The van der Waals surface area contributed by atoms with Crippen molar-refractivity contribution in [1.82, 2.24) is 4.98 Å². The summed E-state index contributed by atoms with van der Waals surface area (Å²) in [5, 5.41) is 9.17. The van der Waals surface area contributed by atoms with E-state index in [2.05, 4.69) is 4.98 Å². The Labute approximate surface area is 62.3 Å². The Kier molecular flexibility index (Phi) is 1.92. The monoisotopic (exact) mass is 140 g/mol. The number of hydrogen-bond donors (Lipinski definition) is 2. The smallest absolute Gasteiger partial charge is 0.136 e. The molecule has 2 heteroatoms. The number of rotatable bonds is 3. The molecule has 0 amide bonds. The van der Waals surface area contributed by atoms with Crippen molar-refractivity contribution in [2.24, 2.45) is 0 Å². The van der Waals surface area contributed by atoms with Crippen molar-refractivity contribution in [3.63, 3.8) is 0 Å². The van der Waals surface area contributed by atoms with Crippen molar-refractivity contribution < 1.29 is 6.48 Å². The average Bonchev–Trinajstić information content (AvgIpc) is 2.37. The van der Waals surface area contributed by atoms with Gasteiger partial charge in [0.1, 0.15) is 5.75 Å². The molecule has 0 saturated heterocycles. The van der Waals surface area contributed by atoms with Gasteiger partial charge >= 0.3 is 0 Å². The molecule has 2 N–H and O–H groups in total. The van der Waals surface area contributed by atoms with Gasteiger partial charge in [0.05, 0.1) is 5.69 Å². The zero-order valence-corrected chi connectivity index (χ0v) is 5.93. The fourth-order valence-corrected chi connectivity index (χ4v) is 0.898. The van der Waals surface area contributed by atoms with E-state index in [1.54, 1.807) is 12.3 Å². The number of aromatic amines is 1. The second-order valence-corrected chi connectivity index (χ2v) is 2.30. The van der Waals surface area contributed by atoms with Gasteiger partial charge in [0.2, 0.25) is 0 Å². The van der Waals surface area contributed by atoms with Crippen LogP contribution in [-0.4, -0.2) is 10.1 Å². The average molecular weight is 140 g/mol. The first-order valence-corrected chi connectivity index (χ1v) is 3.49. The van der Waals surface area contributed by atoms with Gasteiger partial charge in [0, 0.05) is 7.57 Å². The molecule has 0 aliphatic heterocycles. The number of unbranched alkanes of at least 4 members (excludes halogenated alkanes) is 1. The molecular formula is C8H13NO. The summed E-state index contributed by atoms with van der Waals surface area (Å²) < 4.78 is 6.91. The maximum absolute atomic E-state index is 9.17. The van der Waals surface area contributed by atoms with Crippen molar-refractivity contribution in [1.29, 1.82) is 0 Å². The van der Waals surface area contributed by atoms with Gasteiger partial charge in [-0.25, -0.2) is 0 Å². The standard InChI is InChI=1S/C8H13NO/c1-2-3-4-7-8(10)5-6-9-7/h5-6,9-10H,2-4H2,1H3/i1D. The quantitative estimate of drug-likeness (QED) is 0.619. The number of aromatic nitrogens is 1. The lowest BCUT2D eigenvalue weighted by Crippen LogP contribution is -1.83. The van der Waals surface area contributed by atoms with Crippen molar-refractivity contribution >= 4 is 0 Å². The third kappa shape index (κ3) is 1.53. The summed E-state index contributed by atoms with van der Waals surface area (Å²) in [5.41, 5.74) is 0.887. The maximum atomic E-state index is 9.17. The zero-order valence-electron chi connectivity index (χ0n) is 6.93. The summed E-state index contributed by atoms with van der Waals surface area (Å²) >= 11 is 0. The fourth-order valence-electron chi connectivity index (χ4n) is 0.898. The molecule has 0 aromatic carbocycles. The summed E-state index contributed by atoms with van der Waals surface area (Å²) in [6, 6.07) is 1.65. The Bertz CT molecular complexity index is 210. The fraction of sp³-hybridized carbons (Fsp3) is 0.500. The van der Waals surface area contributed by atoms with Crippen LogP contribution in [0.15, 0.2) is 12.3 Å². The van der Waals surface area contributed by atoms with Crippen molar-refractivity contribution in [2.45, 2.75) is 26.2 Å². The predicted molar refractivity (Wildman–Crippen MR) is 41.1 cm³/mol. The van der Waals surface area contributed by atoms with E-state index >= 15 is 0 Å². The molecule has 0 spiro atoms. The number of aromatic hydroxyl groups is 1. The van der Waals surface area contributed by atoms with Crippen LogP contribution in [0.4, 0.5) is 0 Å². The Morgan fingerprint density at radius 1 is 1.80 bits per heavy atom. The molecule has 1 aromatic heterocycles. The summed E-state index contributed by atoms with van der Waals surface area (Å²) in [7, 11) is 0. The molecule has 1 rings (SSSR count). The van der Waals surface area contributed by atoms with Crippen molar-refractivity contribution in [2.75, 3.05) is 0 Å². The van der Waals surface area contributed by atoms with Gasteiger partial charge < -0.3 is 10.1 Å². The molecule has 0 bridgehead atoms. The van der Waals surface area contributed by atoms with E-state index < -0.39 is 0 Å². The second-order valence-electron chi connectivity index (χ2n) is 2.30. The van der Waals surface area contributed by atoms with E-state index in [0.717, 1.165) is 25.0 Å². The number of nitrogens with one attached hydrogen (secondary N) is 1. The van der Waals surface area contributed by atoms with Crippen LogP contribution in [0, 0.1) is 0 Å². The van der Waals surface area contributed by atoms with Crippen LogP contribution in [0.2, 0.25) is 0 Å². The van der Waals surface area contributed by atoms with Crippen LogP contribution in [0.1, 0.15) is 26.8 Å². The molecule has 0 atom stereocenters. The van der Waals surface area contributed by atoms with Gasteiger partial charge in [-0.3, -0.25) is 0 Å². The molecule has 0 saturated carbocycles. The Morgan fingerprint density at radius 3 is 3.30 bits per heavy atom. The largest absolute Gasteiger partial charge is 0.506 e. The van der Waals surface area contributed by atoms with E-state index in [1.165, 1.54) is 0 Å². The number of H-pyrrole nitrogens is 1. The molecular weight excluding hydrogens is 126 g/mol. The third-order valence-corrected chi connectivity index (χ3v) is 1.48. The molecule has 1 heterocycles. The molecule has 0 fully saturated rings. The Balaban J connectivity index is 2.32. The maximum Gasteiger partial charge on any atom is 0.136 e. The van der Waals surface area contributed by atoms with E-state index in [9.17, 15) is 5.11 Å². The zero-order chi connectivity index (χ0) is 8.10. The van der Waals surface area contributed by atoms with Gasteiger partial charge in [-0.1, -0.05) is 13.3 Å². The van der Waals surface area contributed by atoms with Crippen LogP contribution in [0.25, 0.3) is 0 Å². The summed E-state index contributed by atoms with van der Waals surface area (Å²) in [6.45, 7) is 0.474. The number of aryl methyl sites for hydroxylation is 1. The van der Waals surface area contributed by atoms with Crippen LogP contribution in [0.3, 0.4) is 0 Å². The highest BCUT2D eigenvalue weighted by Gasteiger charge is 1.98. The minimum Gasteiger partial charge on any atom is -0.506 e. The normalized spacial score (nSPS) is 11.4. The van der Waals surface area contributed by atoms with Crippen LogP contribution in [-0.2, 0) is 6.42 Å². The van der Waals surface area contributed by atoms with Crippen LogP contribution < -0.4 is 0 Å². The summed E-state index contributed by atoms with van der Waals surface area (Å²) in [4.78, 5) is 2.95. The topological polar surface area (TPSA) is 36.0 Å². The molecule has 10 heavy (non-hydrogen) atoms. The predicted octanol–water partition coefficient (Wildman–Crippen LogP) is 2.06. The first-order chi connectivity index (χ1) is 5.34. The highest BCUT2D eigenvalue weighted by molar-refractivity contribution is 5.25. The van der Waals surface area contributed by atoms with E-state index in [-0.39, 0.29) is 0 Å². The lowest BCUT2D eigenvalue weighted by molar-refractivity contribution is 0.467. The first kappa shape index (κ1) is 5.83. The second kappa shape index (κ2) is 3.30. The van der Waals surface area contributed by atoms with E-state index in [1.807, 2.05) is 0 Å². The SMILES string of the molecule is [2H]CCCCc1[nH]ccc1O. The van der Waals surface area contributed by atoms with Gasteiger partial charge in [0.15, 0.2) is 0 Å². The highest BCUT2D eigenvalue weighted by Crippen LogP contribution is 2.15. The molecule has 1 aromatic rings. The molecule has 0 radical (unpaired) electrons. The van der Waals surface area contributed by atoms with Gasteiger partial charge in [0.25, 0.3) is 0 Å². The summed E-state index contributed by atoms with van der Waals surface area (Å²) in [5.74, 6) is 0.343. The number of hydrogen-bond acceptors (Lipinski definition) is 1. The third-order valence-electron chi connectivity index (χ3n) is 1.48. The lowest BCUT2D eigenvalue weighted by atomic mass is 10.2. The van der Waals surface area contributed by atoms with Gasteiger partial charge in [-0.05, 0) is 18.9 Å². The van der Waals surface area contributed by atoms with E-state index in [0.29, 0.717) is 12.6 Å². The Morgan fingerprint density at radius 2 is 2.70 bits per heavy atom. The molecule has 2 nitrogen and oxygen atoms in total. The summed E-state index contributed by atoms with van der Waals surface area (Å²) in [6.07, 6.45) is 4.44. The lowest BCUT2D eigenvalue weighted by Gasteiger charge is -1.95.